The summed E-state index contributed by atoms with van der Waals surface area (Å²) in [6.07, 6.45) is 2.09. The van der Waals surface area contributed by atoms with Crippen LogP contribution in [0.1, 0.15) is 23.2 Å². The van der Waals surface area contributed by atoms with Crippen LogP contribution >= 0.6 is 11.3 Å². The van der Waals surface area contributed by atoms with E-state index < -0.39 is 0 Å². The second-order valence-electron chi connectivity index (χ2n) is 5.04. The number of nitrogens with one attached hydrogen (secondary N) is 1. The fraction of sp³-hybridized carbons (Fsp3) is 0.727. The predicted octanol–water partition coefficient (Wildman–Crippen LogP) is 0.452. The molecule has 1 N–H and O–H groups in total. The molecule has 1 unspecified atom stereocenters. The Morgan fingerprint density at radius 2 is 2.33 bits per heavy atom. The zero-order chi connectivity index (χ0) is 11.9. The van der Waals surface area contributed by atoms with Gasteiger partial charge in [0.1, 0.15) is 5.01 Å². The average Bonchev–Trinajstić information content (AvgIpc) is 2.98. The second kappa shape index (κ2) is 4.25. The average molecular weight is 265 g/mol. The predicted molar refractivity (Wildman–Crippen MR) is 66.9 cm³/mol. The van der Waals surface area contributed by atoms with Gasteiger partial charge in [-0.1, -0.05) is 11.3 Å². The zero-order valence-electron chi connectivity index (χ0n) is 10.0. The van der Waals surface area contributed by atoms with Gasteiger partial charge in [0.05, 0.1) is 6.61 Å². The normalized spacial score (nSPS) is 24.8. The summed E-state index contributed by atoms with van der Waals surface area (Å²) in [6, 6.07) is 0. The van der Waals surface area contributed by atoms with Gasteiger partial charge in [0, 0.05) is 18.9 Å². The van der Waals surface area contributed by atoms with Gasteiger partial charge in [0.2, 0.25) is 4.96 Å². The third kappa shape index (κ3) is 1.73. The summed E-state index contributed by atoms with van der Waals surface area (Å²) in [5.74, 6) is 2.07. The molecular formula is C11H15N5OS. The highest BCUT2D eigenvalue weighted by molar-refractivity contribution is 7.16. The first-order valence-corrected chi connectivity index (χ1v) is 7.21. The molecule has 0 amide bonds. The Kier molecular flexibility index (Phi) is 2.56. The van der Waals surface area contributed by atoms with Crippen LogP contribution in [0.3, 0.4) is 0 Å². The van der Waals surface area contributed by atoms with Crippen LogP contribution in [0.25, 0.3) is 4.96 Å². The molecule has 6 nitrogen and oxygen atoms in total. The van der Waals surface area contributed by atoms with Crippen molar-refractivity contribution in [1.82, 2.24) is 25.1 Å². The van der Waals surface area contributed by atoms with Gasteiger partial charge in [-0.3, -0.25) is 0 Å². The van der Waals surface area contributed by atoms with E-state index in [1.54, 1.807) is 11.3 Å². The molecule has 2 saturated heterocycles. The number of hydrogen-bond acceptors (Lipinski definition) is 6. The van der Waals surface area contributed by atoms with Crippen molar-refractivity contribution in [3.63, 3.8) is 0 Å². The number of ether oxygens (including phenoxy) is 1. The summed E-state index contributed by atoms with van der Waals surface area (Å²) < 4.78 is 7.34. The Morgan fingerprint density at radius 1 is 1.39 bits per heavy atom. The third-order valence-electron chi connectivity index (χ3n) is 3.68. The quantitative estimate of drug-likeness (QED) is 0.873. The molecule has 1 atom stereocenters. The lowest BCUT2D eigenvalue weighted by molar-refractivity contribution is 0.193. The molecule has 0 spiro atoms. The highest BCUT2D eigenvalue weighted by atomic mass is 32.1. The van der Waals surface area contributed by atoms with Crippen LogP contribution in [0.4, 0.5) is 0 Å². The van der Waals surface area contributed by atoms with E-state index in [4.69, 9.17) is 4.74 Å². The minimum Gasteiger partial charge on any atom is -0.381 e. The maximum absolute atomic E-state index is 5.41. The minimum atomic E-state index is 0.361. The third-order valence-corrected chi connectivity index (χ3v) is 4.60. The van der Waals surface area contributed by atoms with Crippen molar-refractivity contribution in [3.8, 4) is 0 Å². The first-order chi connectivity index (χ1) is 8.90. The van der Waals surface area contributed by atoms with E-state index in [0.29, 0.717) is 5.92 Å². The monoisotopic (exact) mass is 265 g/mol. The number of fused-ring (bicyclic) bond motifs is 1. The van der Waals surface area contributed by atoms with Crippen LogP contribution < -0.4 is 5.32 Å². The smallest absolute Gasteiger partial charge is 0.234 e. The zero-order valence-corrected chi connectivity index (χ0v) is 10.8. The van der Waals surface area contributed by atoms with Crippen LogP contribution in [-0.4, -0.2) is 46.1 Å². The molecule has 18 heavy (non-hydrogen) atoms. The van der Waals surface area contributed by atoms with Crippen LogP contribution in [-0.2, 0) is 11.2 Å². The lowest BCUT2D eigenvalue weighted by Gasteiger charge is -2.25. The highest BCUT2D eigenvalue weighted by Gasteiger charge is 2.25. The molecule has 0 radical (unpaired) electrons. The van der Waals surface area contributed by atoms with Gasteiger partial charge in [-0.05, 0) is 25.4 Å². The van der Waals surface area contributed by atoms with Crippen LogP contribution in [0.15, 0.2) is 0 Å². The van der Waals surface area contributed by atoms with Gasteiger partial charge in [0.15, 0.2) is 5.82 Å². The van der Waals surface area contributed by atoms with Crippen molar-refractivity contribution in [3.05, 3.63) is 10.8 Å². The van der Waals surface area contributed by atoms with Gasteiger partial charge in [-0.15, -0.1) is 10.2 Å². The topological polar surface area (TPSA) is 64.3 Å². The Balaban J connectivity index is 1.63. The van der Waals surface area contributed by atoms with Crippen molar-refractivity contribution >= 4 is 16.3 Å². The maximum Gasteiger partial charge on any atom is 0.234 e. The first kappa shape index (κ1) is 10.8. The fourth-order valence-corrected chi connectivity index (χ4v) is 3.44. The van der Waals surface area contributed by atoms with Crippen molar-refractivity contribution in [2.45, 2.75) is 18.8 Å². The number of aromatic nitrogens is 4. The molecule has 7 heteroatoms. The summed E-state index contributed by atoms with van der Waals surface area (Å²) in [6.45, 7) is 3.80. The maximum atomic E-state index is 5.41. The molecule has 4 heterocycles. The van der Waals surface area contributed by atoms with Crippen LogP contribution in [0.2, 0.25) is 0 Å². The molecule has 0 aliphatic carbocycles. The highest BCUT2D eigenvalue weighted by Crippen LogP contribution is 2.26. The lowest BCUT2D eigenvalue weighted by atomic mass is 10.0. The SMILES string of the molecule is C1CC(c2nnc3sc(CC4CNC4)nn23)CO1. The Hall–Kier alpha value is -1.05. The lowest BCUT2D eigenvalue weighted by Crippen LogP contribution is -2.43. The molecule has 2 aliphatic heterocycles. The van der Waals surface area contributed by atoms with Gasteiger partial charge < -0.3 is 10.1 Å². The molecule has 0 saturated carbocycles. The molecule has 0 bridgehead atoms. The standard InChI is InChI=1S/C11H15N5OS/c1-2-17-6-8(1)10-13-14-11-16(10)15-9(18-11)3-7-4-12-5-7/h7-8,12H,1-6H2. The summed E-state index contributed by atoms with van der Waals surface area (Å²) >= 11 is 1.66. The fourth-order valence-electron chi connectivity index (χ4n) is 2.49. The summed E-state index contributed by atoms with van der Waals surface area (Å²) in [7, 11) is 0. The largest absolute Gasteiger partial charge is 0.381 e. The van der Waals surface area contributed by atoms with E-state index in [1.165, 1.54) is 5.01 Å². The van der Waals surface area contributed by atoms with Gasteiger partial charge in [0.25, 0.3) is 0 Å². The van der Waals surface area contributed by atoms with E-state index in [0.717, 1.165) is 55.8 Å². The minimum absolute atomic E-state index is 0.361. The van der Waals surface area contributed by atoms with E-state index in [-0.39, 0.29) is 0 Å². The van der Waals surface area contributed by atoms with Gasteiger partial charge >= 0.3 is 0 Å². The van der Waals surface area contributed by atoms with Gasteiger partial charge in [-0.25, -0.2) is 0 Å². The molecule has 2 aromatic rings. The number of hydrogen-bond donors (Lipinski definition) is 1. The van der Waals surface area contributed by atoms with Crippen molar-refractivity contribution in [2.24, 2.45) is 5.92 Å². The molecule has 96 valence electrons. The summed E-state index contributed by atoms with van der Waals surface area (Å²) in [4.78, 5) is 0.916. The first-order valence-electron chi connectivity index (χ1n) is 6.39. The Bertz CT molecular complexity index is 555. The molecular weight excluding hydrogens is 250 g/mol. The number of nitrogens with zero attached hydrogens (tertiary/aromatic N) is 4. The Labute approximate surface area is 108 Å². The van der Waals surface area contributed by atoms with Crippen molar-refractivity contribution < 1.29 is 4.74 Å². The van der Waals surface area contributed by atoms with Gasteiger partial charge in [-0.2, -0.15) is 9.61 Å². The van der Waals surface area contributed by atoms with Crippen molar-refractivity contribution in [2.75, 3.05) is 26.3 Å². The molecule has 4 rings (SSSR count). The van der Waals surface area contributed by atoms with Crippen molar-refractivity contribution in [1.29, 1.82) is 0 Å². The second-order valence-corrected chi connectivity index (χ2v) is 6.08. The number of rotatable bonds is 3. The van der Waals surface area contributed by atoms with E-state index >= 15 is 0 Å². The van der Waals surface area contributed by atoms with E-state index in [2.05, 4.69) is 20.6 Å². The Morgan fingerprint density at radius 3 is 3.06 bits per heavy atom. The summed E-state index contributed by atoms with van der Waals surface area (Å²) in [5.41, 5.74) is 0. The molecule has 2 aliphatic rings. The molecule has 2 fully saturated rings. The molecule has 2 aromatic heterocycles. The molecule has 0 aromatic carbocycles. The summed E-state index contributed by atoms with van der Waals surface area (Å²) in [5, 5.41) is 17.6. The van der Waals surface area contributed by atoms with E-state index in [9.17, 15) is 0 Å². The van der Waals surface area contributed by atoms with Crippen LogP contribution in [0, 0.1) is 5.92 Å². The van der Waals surface area contributed by atoms with Crippen LogP contribution in [0.5, 0.6) is 0 Å². The van der Waals surface area contributed by atoms with E-state index in [1.807, 2.05) is 4.52 Å².